The summed E-state index contributed by atoms with van der Waals surface area (Å²) < 4.78 is 4.66. The largest absolute Gasteiger partial charge is 0.500 e. The normalized spacial score (nSPS) is 10.2. The molecule has 0 aliphatic rings. The first-order valence-corrected chi connectivity index (χ1v) is 2.74. The van der Waals surface area contributed by atoms with E-state index in [1.807, 2.05) is 0 Å². The molecule has 0 atom stereocenters. The molecule has 0 bridgehead atoms. The molecule has 4 nitrogen and oxygen atoms in total. The van der Waals surface area contributed by atoms with E-state index in [0.29, 0.717) is 6.61 Å². The fraction of sp³-hybridized carbons (Fsp3) is 0.333. The average Bonchev–Trinajstić information content (AvgIpc) is 1.89. The van der Waals surface area contributed by atoms with Gasteiger partial charge in [0.15, 0.2) is 5.57 Å². The molecule has 0 rings (SSSR count). The predicted molar refractivity (Wildman–Crippen MR) is 34.5 cm³/mol. The minimum atomic E-state index is -0.768. The second kappa shape index (κ2) is 4.39. The zero-order valence-corrected chi connectivity index (χ0v) is 5.63. The third-order valence-electron chi connectivity index (χ3n) is 0.754. The summed E-state index contributed by atoms with van der Waals surface area (Å²) in [6, 6.07) is 1.60. The molecule has 0 fully saturated rings. The molecule has 0 aliphatic heterocycles. The number of nitriles is 1. The lowest BCUT2D eigenvalue weighted by Gasteiger charge is -1.92. The van der Waals surface area contributed by atoms with E-state index in [2.05, 4.69) is 4.74 Å². The first-order valence-electron chi connectivity index (χ1n) is 2.74. The van der Waals surface area contributed by atoms with Gasteiger partial charge >= 0.3 is 0 Å². The van der Waals surface area contributed by atoms with Crippen LogP contribution >= 0.6 is 0 Å². The summed E-state index contributed by atoms with van der Waals surface area (Å²) in [4.78, 5) is 10.3. The fourth-order valence-corrected chi connectivity index (χ4v) is 0.306. The third-order valence-corrected chi connectivity index (χ3v) is 0.754. The number of rotatable bonds is 3. The Morgan fingerprint density at radius 3 is 2.80 bits per heavy atom. The molecule has 0 aromatic rings. The summed E-state index contributed by atoms with van der Waals surface area (Å²) in [5, 5.41) is 8.22. The summed E-state index contributed by atoms with van der Waals surface area (Å²) in [6.07, 6.45) is 1.06. The van der Waals surface area contributed by atoms with Gasteiger partial charge in [-0.1, -0.05) is 0 Å². The molecular formula is C6H8N2O2. The Morgan fingerprint density at radius 1 is 1.90 bits per heavy atom. The van der Waals surface area contributed by atoms with E-state index < -0.39 is 5.91 Å². The standard InChI is InChI=1S/C6H8N2O2/c1-2-10-4-5(3-7)6(8)9/h4H,2H2,1H3,(H2,8,9)/b5-4+. The molecule has 0 saturated heterocycles. The second-order valence-electron chi connectivity index (χ2n) is 1.46. The predicted octanol–water partition coefficient (Wildman–Crippen LogP) is -0.0843. The number of carbonyl (C=O) groups excluding carboxylic acids is 1. The monoisotopic (exact) mass is 140 g/mol. The van der Waals surface area contributed by atoms with Crippen molar-refractivity contribution in [3.63, 3.8) is 0 Å². The zero-order valence-electron chi connectivity index (χ0n) is 5.63. The van der Waals surface area contributed by atoms with Crippen LogP contribution < -0.4 is 5.73 Å². The first-order chi connectivity index (χ1) is 4.72. The Balaban J connectivity index is 4.09. The minimum Gasteiger partial charge on any atom is -0.500 e. The number of nitrogens with two attached hydrogens (primary N) is 1. The third kappa shape index (κ3) is 2.72. The molecule has 1 amide bonds. The van der Waals surface area contributed by atoms with Crippen molar-refractivity contribution in [3.8, 4) is 6.07 Å². The van der Waals surface area contributed by atoms with Crippen LogP contribution in [-0.4, -0.2) is 12.5 Å². The van der Waals surface area contributed by atoms with Gasteiger partial charge < -0.3 is 10.5 Å². The van der Waals surface area contributed by atoms with Crippen molar-refractivity contribution >= 4 is 5.91 Å². The van der Waals surface area contributed by atoms with E-state index in [0.717, 1.165) is 6.26 Å². The van der Waals surface area contributed by atoms with Gasteiger partial charge in [-0.15, -0.1) is 0 Å². The maximum atomic E-state index is 10.3. The summed E-state index contributed by atoms with van der Waals surface area (Å²) in [6.45, 7) is 2.16. The molecule has 0 aliphatic carbocycles. The van der Waals surface area contributed by atoms with Crippen LogP contribution in [0.4, 0.5) is 0 Å². The minimum absolute atomic E-state index is 0.165. The van der Waals surface area contributed by atoms with E-state index >= 15 is 0 Å². The van der Waals surface area contributed by atoms with E-state index in [1.165, 1.54) is 0 Å². The van der Waals surface area contributed by atoms with Crippen molar-refractivity contribution in [2.75, 3.05) is 6.61 Å². The molecule has 0 spiro atoms. The smallest absolute Gasteiger partial charge is 0.262 e. The van der Waals surface area contributed by atoms with Crippen molar-refractivity contribution in [1.82, 2.24) is 0 Å². The lowest BCUT2D eigenvalue weighted by molar-refractivity contribution is -0.114. The summed E-state index contributed by atoms with van der Waals surface area (Å²) in [5.74, 6) is -0.768. The van der Waals surface area contributed by atoms with Gasteiger partial charge in [0.05, 0.1) is 6.61 Å². The Kier molecular flexibility index (Phi) is 3.73. The molecule has 0 aromatic carbocycles. The summed E-state index contributed by atoms with van der Waals surface area (Å²) >= 11 is 0. The highest BCUT2D eigenvalue weighted by Gasteiger charge is 2.01. The van der Waals surface area contributed by atoms with Crippen molar-refractivity contribution in [2.45, 2.75) is 6.92 Å². The van der Waals surface area contributed by atoms with E-state index in [1.54, 1.807) is 13.0 Å². The number of amides is 1. The lowest BCUT2D eigenvalue weighted by atomic mass is 10.3. The Hall–Kier alpha value is -1.50. The van der Waals surface area contributed by atoms with Gasteiger partial charge in [-0.25, -0.2) is 0 Å². The van der Waals surface area contributed by atoms with Crippen LogP contribution in [-0.2, 0) is 9.53 Å². The van der Waals surface area contributed by atoms with Crippen LogP contribution in [0.3, 0.4) is 0 Å². The average molecular weight is 140 g/mol. The highest BCUT2D eigenvalue weighted by molar-refractivity contribution is 5.95. The summed E-state index contributed by atoms with van der Waals surface area (Å²) in [7, 11) is 0. The maximum absolute atomic E-state index is 10.3. The maximum Gasteiger partial charge on any atom is 0.262 e. The van der Waals surface area contributed by atoms with Crippen LogP contribution in [0.2, 0.25) is 0 Å². The molecular weight excluding hydrogens is 132 g/mol. The highest BCUT2D eigenvalue weighted by atomic mass is 16.5. The Labute approximate surface area is 58.9 Å². The quantitative estimate of drug-likeness (QED) is 0.338. The van der Waals surface area contributed by atoms with Gasteiger partial charge in [0, 0.05) is 0 Å². The Morgan fingerprint density at radius 2 is 2.50 bits per heavy atom. The molecule has 0 unspecified atom stereocenters. The number of hydrogen-bond donors (Lipinski definition) is 1. The topological polar surface area (TPSA) is 76.1 Å². The fourth-order valence-electron chi connectivity index (χ4n) is 0.306. The van der Waals surface area contributed by atoms with Crippen LogP contribution in [0, 0.1) is 11.3 Å². The molecule has 0 radical (unpaired) electrons. The van der Waals surface area contributed by atoms with Crippen LogP contribution in [0.15, 0.2) is 11.8 Å². The van der Waals surface area contributed by atoms with Crippen molar-refractivity contribution in [2.24, 2.45) is 5.73 Å². The molecule has 0 saturated carbocycles. The van der Waals surface area contributed by atoms with E-state index in [9.17, 15) is 4.79 Å². The number of primary amides is 1. The molecule has 0 heterocycles. The van der Waals surface area contributed by atoms with Crippen LogP contribution in [0.25, 0.3) is 0 Å². The second-order valence-corrected chi connectivity index (χ2v) is 1.46. The number of ether oxygens (including phenoxy) is 1. The van der Waals surface area contributed by atoms with Crippen LogP contribution in [0.1, 0.15) is 6.92 Å². The highest BCUT2D eigenvalue weighted by Crippen LogP contribution is 1.89. The molecule has 10 heavy (non-hydrogen) atoms. The van der Waals surface area contributed by atoms with E-state index in [-0.39, 0.29) is 5.57 Å². The van der Waals surface area contributed by atoms with Gasteiger partial charge in [-0.3, -0.25) is 4.79 Å². The summed E-state index contributed by atoms with van der Waals surface area (Å²) in [5.41, 5.74) is 4.61. The number of hydrogen-bond acceptors (Lipinski definition) is 3. The van der Waals surface area contributed by atoms with Gasteiger partial charge in [0.2, 0.25) is 0 Å². The van der Waals surface area contributed by atoms with Gasteiger partial charge in [-0.05, 0) is 6.92 Å². The molecule has 2 N–H and O–H groups in total. The van der Waals surface area contributed by atoms with Crippen molar-refractivity contribution in [1.29, 1.82) is 5.26 Å². The van der Waals surface area contributed by atoms with Crippen LogP contribution in [0.5, 0.6) is 0 Å². The van der Waals surface area contributed by atoms with Crippen molar-refractivity contribution in [3.05, 3.63) is 11.8 Å². The zero-order chi connectivity index (χ0) is 7.98. The Bertz CT molecular complexity index is 190. The van der Waals surface area contributed by atoms with Gasteiger partial charge in [-0.2, -0.15) is 5.26 Å². The van der Waals surface area contributed by atoms with Gasteiger partial charge in [0.1, 0.15) is 12.3 Å². The molecule has 4 heteroatoms. The first kappa shape index (κ1) is 8.50. The number of carbonyl (C=O) groups is 1. The van der Waals surface area contributed by atoms with E-state index in [4.69, 9.17) is 11.0 Å². The molecule has 54 valence electrons. The number of nitrogens with zero attached hydrogens (tertiary/aromatic N) is 1. The van der Waals surface area contributed by atoms with Crippen molar-refractivity contribution < 1.29 is 9.53 Å². The van der Waals surface area contributed by atoms with Gasteiger partial charge in [0.25, 0.3) is 5.91 Å². The molecule has 0 aromatic heterocycles. The lowest BCUT2D eigenvalue weighted by Crippen LogP contribution is -2.12. The SMILES string of the molecule is CCO/C=C(\C#N)C(N)=O.